The van der Waals surface area contributed by atoms with Crippen molar-refractivity contribution in [2.24, 2.45) is 5.92 Å². The number of rotatable bonds is 4. The minimum absolute atomic E-state index is 0.0314. The molecule has 0 radical (unpaired) electrons. The zero-order chi connectivity index (χ0) is 17.9. The van der Waals surface area contributed by atoms with Crippen LogP contribution < -0.4 is 5.32 Å². The normalized spacial score (nSPS) is 17.1. The monoisotopic (exact) mass is 348 g/mol. The van der Waals surface area contributed by atoms with Crippen molar-refractivity contribution in [3.05, 3.63) is 65.2 Å². The zero-order valence-corrected chi connectivity index (χ0v) is 14.9. The van der Waals surface area contributed by atoms with Gasteiger partial charge in [0.05, 0.1) is 12.8 Å². The summed E-state index contributed by atoms with van der Waals surface area (Å²) in [6.45, 7) is 1.70. The zero-order valence-electron chi connectivity index (χ0n) is 14.9. The van der Waals surface area contributed by atoms with E-state index in [1.54, 1.807) is 0 Å². The molecule has 4 nitrogen and oxygen atoms in total. The Hall–Kier alpha value is -2.62. The third kappa shape index (κ3) is 3.79. The van der Waals surface area contributed by atoms with Crippen molar-refractivity contribution in [3.8, 4) is 0 Å². The van der Waals surface area contributed by atoms with E-state index in [4.69, 9.17) is 0 Å². The second-order valence-corrected chi connectivity index (χ2v) is 7.41. The number of likely N-dealkylation sites (tertiary alicyclic amines) is 1. The van der Waals surface area contributed by atoms with Gasteiger partial charge in [-0.2, -0.15) is 0 Å². The summed E-state index contributed by atoms with van der Waals surface area (Å²) in [5.41, 5.74) is 4.27. The van der Waals surface area contributed by atoms with Crippen LogP contribution in [0.4, 0.5) is 5.69 Å². The number of hydrogen-bond acceptors (Lipinski definition) is 2. The van der Waals surface area contributed by atoms with Crippen molar-refractivity contribution in [3.63, 3.8) is 0 Å². The quantitative estimate of drug-likeness (QED) is 0.922. The van der Waals surface area contributed by atoms with Gasteiger partial charge in [-0.05, 0) is 47.9 Å². The molecule has 26 heavy (non-hydrogen) atoms. The van der Waals surface area contributed by atoms with Gasteiger partial charge >= 0.3 is 0 Å². The highest BCUT2D eigenvalue weighted by atomic mass is 16.2. The SMILES string of the molecule is O=C1Cc2cc(CC(=O)N3CCC(Cc4ccccc4)CC3)ccc2N1. The Morgan fingerprint density at radius 3 is 2.58 bits per heavy atom. The summed E-state index contributed by atoms with van der Waals surface area (Å²) < 4.78 is 0. The fourth-order valence-electron chi connectivity index (χ4n) is 4.01. The van der Waals surface area contributed by atoms with Crippen LogP contribution in [0.2, 0.25) is 0 Å². The summed E-state index contributed by atoms with van der Waals surface area (Å²) in [7, 11) is 0. The van der Waals surface area contributed by atoms with Gasteiger partial charge in [0.15, 0.2) is 0 Å². The summed E-state index contributed by atoms with van der Waals surface area (Å²) >= 11 is 0. The van der Waals surface area contributed by atoms with Gasteiger partial charge in [0.1, 0.15) is 0 Å². The lowest BCUT2D eigenvalue weighted by atomic mass is 9.90. The van der Waals surface area contributed by atoms with Crippen LogP contribution in [-0.4, -0.2) is 29.8 Å². The molecule has 1 saturated heterocycles. The molecule has 2 aromatic rings. The number of carbonyl (C=O) groups is 2. The van der Waals surface area contributed by atoms with Crippen LogP contribution in [-0.2, 0) is 28.9 Å². The maximum absolute atomic E-state index is 12.6. The van der Waals surface area contributed by atoms with E-state index in [0.717, 1.165) is 49.2 Å². The van der Waals surface area contributed by atoms with Crippen molar-refractivity contribution in [2.75, 3.05) is 18.4 Å². The Morgan fingerprint density at radius 1 is 1.04 bits per heavy atom. The number of piperidine rings is 1. The summed E-state index contributed by atoms with van der Waals surface area (Å²) in [4.78, 5) is 26.1. The molecule has 0 atom stereocenters. The lowest BCUT2D eigenvalue weighted by molar-refractivity contribution is -0.131. The first-order valence-corrected chi connectivity index (χ1v) is 9.41. The van der Waals surface area contributed by atoms with E-state index in [1.165, 1.54) is 5.56 Å². The number of anilines is 1. The summed E-state index contributed by atoms with van der Waals surface area (Å²) in [5, 5.41) is 2.83. The minimum Gasteiger partial charge on any atom is -0.342 e. The first-order chi connectivity index (χ1) is 12.7. The van der Waals surface area contributed by atoms with Gasteiger partial charge in [0, 0.05) is 18.8 Å². The molecule has 0 aromatic heterocycles. The Balaban J connectivity index is 1.30. The lowest BCUT2D eigenvalue weighted by Crippen LogP contribution is -2.39. The predicted molar refractivity (Wildman–Crippen MR) is 102 cm³/mol. The van der Waals surface area contributed by atoms with Crippen molar-refractivity contribution >= 4 is 17.5 Å². The second-order valence-electron chi connectivity index (χ2n) is 7.41. The number of benzene rings is 2. The van der Waals surface area contributed by atoms with E-state index in [9.17, 15) is 9.59 Å². The van der Waals surface area contributed by atoms with Crippen molar-refractivity contribution in [1.29, 1.82) is 0 Å². The van der Waals surface area contributed by atoms with Crippen molar-refractivity contribution in [2.45, 2.75) is 32.1 Å². The molecule has 0 bridgehead atoms. The van der Waals surface area contributed by atoms with Gasteiger partial charge in [0.2, 0.25) is 11.8 Å². The number of nitrogens with zero attached hydrogens (tertiary/aromatic N) is 1. The molecule has 1 N–H and O–H groups in total. The molecule has 0 unspecified atom stereocenters. The average Bonchev–Trinajstić information content (AvgIpc) is 3.02. The van der Waals surface area contributed by atoms with E-state index < -0.39 is 0 Å². The van der Waals surface area contributed by atoms with Crippen LogP contribution in [0.3, 0.4) is 0 Å². The topological polar surface area (TPSA) is 49.4 Å². The van der Waals surface area contributed by atoms with Gasteiger partial charge in [-0.1, -0.05) is 42.5 Å². The Morgan fingerprint density at radius 2 is 1.81 bits per heavy atom. The first-order valence-electron chi connectivity index (χ1n) is 9.41. The van der Waals surface area contributed by atoms with Crippen LogP contribution in [0.5, 0.6) is 0 Å². The fourth-order valence-corrected chi connectivity index (χ4v) is 4.01. The van der Waals surface area contributed by atoms with E-state index >= 15 is 0 Å². The molecule has 2 aliphatic heterocycles. The van der Waals surface area contributed by atoms with Gasteiger partial charge in [-0.3, -0.25) is 9.59 Å². The predicted octanol–water partition coefficient (Wildman–Crippen LogP) is 3.21. The van der Waals surface area contributed by atoms with Crippen molar-refractivity contribution in [1.82, 2.24) is 4.90 Å². The largest absolute Gasteiger partial charge is 0.342 e. The fraction of sp³-hybridized carbons (Fsp3) is 0.364. The smallest absolute Gasteiger partial charge is 0.228 e. The van der Waals surface area contributed by atoms with E-state index in [-0.39, 0.29) is 11.8 Å². The van der Waals surface area contributed by atoms with Gasteiger partial charge in [0.25, 0.3) is 0 Å². The number of fused-ring (bicyclic) bond motifs is 1. The Labute approximate surface area is 154 Å². The average molecular weight is 348 g/mol. The highest BCUT2D eigenvalue weighted by Gasteiger charge is 2.24. The summed E-state index contributed by atoms with van der Waals surface area (Å²) in [6.07, 6.45) is 4.09. The molecule has 2 amide bonds. The molecule has 0 aliphatic carbocycles. The molecular weight excluding hydrogens is 324 g/mol. The van der Waals surface area contributed by atoms with Crippen LogP contribution >= 0.6 is 0 Å². The van der Waals surface area contributed by atoms with Gasteiger partial charge in [-0.15, -0.1) is 0 Å². The molecule has 1 fully saturated rings. The number of hydrogen-bond donors (Lipinski definition) is 1. The number of amides is 2. The molecule has 4 heteroatoms. The minimum atomic E-state index is 0.0314. The molecule has 134 valence electrons. The number of carbonyl (C=O) groups excluding carboxylic acids is 2. The Bertz CT molecular complexity index is 808. The lowest BCUT2D eigenvalue weighted by Gasteiger charge is -2.32. The summed E-state index contributed by atoms with van der Waals surface area (Å²) in [5.74, 6) is 0.892. The van der Waals surface area contributed by atoms with Crippen LogP contribution in [0.1, 0.15) is 29.5 Å². The molecule has 2 aliphatic rings. The Kier molecular flexibility index (Phi) is 4.74. The van der Waals surface area contributed by atoms with Gasteiger partial charge < -0.3 is 10.2 Å². The highest BCUT2D eigenvalue weighted by molar-refractivity contribution is 5.99. The van der Waals surface area contributed by atoms with E-state index in [2.05, 4.69) is 35.6 Å². The molecule has 4 rings (SSSR count). The third-order valence-corrected chi connectivity index (χ3v) is 5.48. The van der Waals surface area contributed by atoms with Crippen LogP contribution in [0.25, 0.3) is 0 Å². The molecule has 0 saturated carbocycles. The van der Waals surface area contributed by atoms with Gasteiger partial charge in [-0.25, -0.2) is 0 Å². The van der Waals surface area contributed by atoms with Crippen molar-refractivity contribution < 1.29 is 9.59 Å². The molecular formula is C22H24N2O2. The number of nitrogens with one attached hydrogen (secondary N) is 1. The maximum atomic E-state index is 12.6. The van der Waals surface area contributed by atoms with E-state index in [0.29, 0.717) is 18.8 Å². The standard InChI is InChI=1S/C22H24N2O2/c25-21-15-19-13-18(6-7-20(19)23-21)14-22(26)24-10-8-17(9-11-24)12-16-4-2-1-3-5-16/h1-7,13,17H,8-12,14-15H2,(H,23,25). The third-order valence-electron chi connectivity index (χ3n) is 5.48. The van der Waals surface area contributed by atoms with Crippen LogP contribution in [0, 0.1) is 5.92 Å². The molecule has 0 spiro atoms. The van der Waals surface area contributed by atoms with Crippen LogP contribution in [0.15, 0.2) is 48.5 Å². The molecule has 2 heterocycles. The molecule has 2 aromatic carbocycles. The summed E-state index contributed by atoms with van der Waals surface area (Å²) in [6, 6.07) is 16.5. The second kappa shape index (κ2) is 7.32. The highest BCUT2D eigenvalue weighted by Crippen LogP contribution is 2.25. The van der Waals surface area contributed by atoms with E-state index in [1.807, 2.05) is 23.1 Å². The maximum Gasteiger partial charge on any atom is 0.228 e. The first kappa shape index (κ1) is 16.8.